The second-order valence-electron chi connectivity index (χ2n) is 5.32. The largest absolute Gasteiger partial charge is 0.508 e. The number of allylic oxidation sites excluding steroid dienone is 7. The van der Waals surface area contributed by atoms with Crippen LogP contribution in [0.25, 0.3) is 5.76 Å². The molecule has 0 aliphatic carbocycles. The van der Waals surface area contributed by atoms with Crippen LogP contribution in [0.1, 0.15) is 19.4 Å². The Morgan fingerprint density at radius 2 is 1.96 bits per heavy atom. The van der Waals surface area contributed by atoms with Crippen LogP contribution in [0.4, 0.5) is 0 Å². The Hall–Kier alpha value is -1.91. The summed E-state index contributed by atoms with van der Waals surface area (Å²) in [6.07, 6.45) is 10.2. The summed E-state index contributed by atoms with van der Waals surface area (Å²) in [5.41, 5.74) is 2.00. The molecule has 23 heavy (non-hydrogen) atoms. The monoisotopic (exact) mass is 329 g/mol. The van der Waals surface area contributed by atoms with E-state index in [1.165, 1.54) is 4.91 Å². The molecule has 0 amide bonds. The minimum Gasteiger partial charge on any atom is -0.508 e. The van der Waals surface area contributed by atoms with Gasteiger partial charge in [0.1, 0.15) is 18.1 Å². The van der Waals surface area contributed by atoms with Crippen molar-refractivity contribution in [3.63, 3.8) is 0 Å². The molecule has 2 rings (SSSR count). The highest BCUT2D eigenvalue weighted by Gasteiger charge is 2.12. The zero-order chi connectivity index (χ0) is 16.7. The van der Waals surface area contributed by atoms with Crippen molar-refractivity contribution in [2.45, 2.75) is 18.7 Å². The SMILES string of the molecule is CNCCO/C1=C/C(C)=C/C=C\C=C(/C)Sc2ccc(O)cc21. The molecule has 1 aliphatic rings. The van der Waals surface area contributed by atoms with Crippen LogP contribution in [0.5, 0.6) is 5.75 Å². The quantitative estimate of drug-likeness (QED) is 0.799. The predicted octanol–water partition coefficient (Wildman–Crippen LogP) is 4.48. The van der Waals surface area contributed by atoms with Crippen LogP contribution in [-0.2, 0) is 4.74 Å². The highest BCUT2D eigenvalue weighted by Crippen LogP contribution is 2.36. The molecule has 4 heteroatoms. The molecule has 0 saturated heterocycles. The minimum atomic E-state index is 0.240. The van der Waals surface area contributed by atoms with Crippen molar-refractivity contribution in [3.05, 3.63) is 64.6 Å². The molecule has 0 unspecified atom stereocenters. The summed E-state index contributed by atoms with van der Waals surface area (Å²) in [5, 5.41) is 13.0. The lowest BCUT2D eigenvalue weighted by Gasteiger charge is -2.15. The molecule has 1 aliphatic heterocycles. The summed E-state index contributed by atoms with van der Waals surface area (Å²) in [7, 11) is 1.90. The summed E-state index contributed by atoms with van der Waals surface area (Å²) in [6.45, 7) is 5.45. The van der Waals surface area contributed by atoms with Crippen LogP contribution < -0.4 is 5.32 Å². The predicted molar refractivity (Wildman–Crippen MR) is 98.5 cm³/mol. The lowest BCUT2D eigenvalue weighted by molar-refractivity contribution is 0.278. The third-order valence-corrected chi connectivity index (χ3v) is 4.30. The number of aromatic hydroxyl groups is 1. The molecular weight excluding hydrogens is 306 g/mol. The smallest absolute Gasteiger partial charge is 0.128 e. The molecular formula is C19H23NO2S. The Morgan fingerprint density at radius 1 is 1.17 bits per heavy atom. The molecule has 122 valence electrons. The van der Waals surface area contributed by atoms with Crippen LogP contribution in [0.2, 0.25) is 0 Å². The number of benzene rings is 1. The van der Waals surface area contributed by atoms with E-state index < -0.39 is 0 Å². The summed E-state index contributed by atoms with van der Waals surface area (Å²) in [6, 6.07) is 5.41. The molecule has 0 atom stereocenters. The van der Waals surface area contributed by atoms with Gasteiger partial charge in [0.2, 0.25) is 0 Å². The Balaban J connectivity index is 2.50. The molecule has 1 aromatic carbocycles. The van der Waals surface area contributed by atoms with Gasteiger partial charge in [-0.3, -0.25) is 0 Å². The molecule has 1 aromatic rings. The maximum Gasteiger partial charge on any atom is 0.128 e. The van der Waals surface area contributed by atoms with Gasteiger partial charge in [0.25, 0.3) is 0 Å². The Bertz CT molecular complexity index is 672. The fraction of sp³-hybridized carbons (Fsp3) is 0.263. The van der Waals surface area contributed by atoms with Gasteiger partial charge >= 0.3 is 0 Å². The van der Waals surface area contributed by atoms with E-state index in [0.29, 0.717) is 6.61 Å². The van der Waals surface area contributed by atoms with E-state index in [1.807, 2.05) is 44.3 Å². The third-order valence-electron chi connectivity index (χ3n) is 3.27. The van der Waals surface area contributed by atoms with Crippen LogP contribution in [0.3, 0.4) is 0 Å². The van der Waals surface area contributed by atoms with E-state index >= 15 is 0 Å². The second kappa shape index (κ2) is 8.65. The minimum absolute atomic E-state index is 0.240. The fourth-order valence-electron chi connectivity index (χ4n) is 2.12. The number of ether oxygens (including phenoxy) is 1. The summed E-state index contributed by atoms with van der Waals surface area (Å²) in [5.74, 6) is 1.01. The molecule has 0 saturated carbocycles. The summed E-state index contributed by atoms with van der Waals surface area (Å²) >= 11 is 1.67. The van der Waals surface area contributed by atoms with Crippen molar-refractivity contribution in [1.82, 2.24) is 5.32 Å². The first-order valence-electron chi connectivity index (χ1n) is 7.62. The van der Waals surface area contributed by atoms with Crippen molar-refractivity contribution < 1.29 is 9.84 Å². The van der Waals surface area contributed by atoms with Crippen molar-refractivity contribution in [2.24, 2.45) is 0 Å². The average molecular weight is 329 g/mol. The number of nitrogens with one attached hydrogen (secondary N) is 1. The molecule has 0 aromatic heterocycles. The van der Waals surface area contributed by atoms with Gasteiger partial charge in [0.15, 0.2) is 0 Å². The summed E-state index contributed by atoms with van der Waals surface area (Å²) < 4.78 is 5.97. The molecule has 2 N–H and O–H groups in total. The van der Waals surface area contributed by atoms with Crippen molar-refractivity contribution in [2.75, 3.05) is 20.2 Å². The standard InChI is InChI=1S/C19H23NO2S/c1-14-6-4-5-7-15(2)23-19-9-8-16(21)13-17(19)18(12-14)22-11-10-20-3/h4-9,12-13,20-21H,10-11H2,1-3H3/b5-4-,14-6+,15-7+,18-12+. The highest BCUT2D eigenvalue weighted by molar-refractivity contribution is 8.03. The van der Waals surface area contributed by atoms with E-state index in [4.69, 9.17) is 4.74 Å². The number of fused-ring (bicyclic) bond motifs is 1. The maximum absolute atomic E-state index is 9.91. The van der Waals surface area contributed by atoms with Crippen molar-refractivity contribution in [3.8, 4) is 5.75 Å². The van der Waals surface area contributed by atoms with Crippen molar-refractivity contribution >= 4 is 17.5 Å². The molecule has 0 fully saturated rings. The number of phenols is 1. The fourth-order valence-corrected chi connectivity index (χ4v) is 3.02. The van der Waals surface area contributed by atoms with E-state index in [9.17, 15) is 5.11 Å². The van der Waals surface area contributed by atoms with E-state index in [1.54, 1.807) is 23.9 Å². The molecule has 0 radical (unpaired) electrons. The van der Waals surface area contributed by atoms with Gasteiger partial charge in [0.05, 0.1) is 0 Å². The van der Waals surface area contributed by atoms with Crippen LogP contribution >= 0.6 is 11.8 Å². The lowest BCUT2D eigenvalue weighted by Crippen LogP contribution is -2.14. The average Bonchev–Trinajstić information content (AvgIpc) is 2.54. The van der Waals surface area contributed by atoms with Gasteiger partial charge < -0.3 is 15.2 Å². The summed E-state index contributed by atoms with van der Waals surface area (Å²) in [4.78, 5) is 2.24. The number of likely N-dealkylation sites (N-methyl/N-ethyl adjacent to an activating group) is 1. The van der Waals surface area contributed by atoms with E-state index in [2.05, 4.69) is 18.3 Å². The number of hydrogen-bond donors (Lipinski definition) is 2. The number of rotatable bonds is 4. The van der Waals surface area contributed by atoms with Crippen LogP contribution in [0.15, 0.2) is 64.0 Å². The first-order chi connectivity index (χ1) is 11.1. The Morgan fingerprint density at radius 3 is 2.74 bits per heavy atom. The number of hydrogen-bond acceptors (Lipinski definition) is 4. The van der Waals surface area contributed by atoms with Gasteiger partial charge in [0, 0.05) is 17.0 Å². The highest BCUT2D eigenvalue weighted by atomic mass is 32.2. The van der Waals surface area contributed by atoms with Gasteiger partial charge in [-0.15, -0.1) is 0 Å². The molecule has 0 bridgehead atoms. The van der Waals surface area contributed by atoms with Crippen molar-refractivity contribution in [1.29, 1.82) is 0 Å². The van der Waals surface area contributed by atoms with Gasteiger partial charge in [-0.1, -0.05) is 36.1 Å². The van der Waals surface area contributed by atoms with Crippen LogP contribution in [-0.4, -0.2) is 25.3 Å². The van der Waals surface area contributed by atoms with Crippen LogP contribution in [0, 0.1) is 0 Å². The van der Waals surface area contributed by atoms with E-state index in [0.717, 1.165) is 28.3 Å². The first kappa shape index (κ1) is 17.4. The Kier molecular flexibility index (Phi) is 6.56. The second-order valence-corrected chi connectivity index (χ2v) is 6.60. The number of thioether (sulfide) groups is 1. The van der Waals surface area contributed by atoms with E-state index in [-0.39, 0.29) is 5.75 Å². The van der Waals surface area contributed by atoms with Gasteiger partial charge in [-0.05, 0) is 55.6 Å². The van der Waals surface area contributed by atoms with Gasteiger partial charge in [-0.25, -0.2) is 0 Å². The third kappa shape index (κ3) is 5.34. The topological polar surface area (TPSA) is 41.5 Å². The number of phenolic OH excluding ortho intramolecular Hbond substituents is 1. The molecule has 3 nitrogen and oxygen atoms in total. The lowest BCUT2D eigenvalue weighted by atomic mass is 10.1. The zero-order valence-corrected chi connectivity index (χ0v) is 14.6. The zero-order valence-electron chi connectivity index (χ0n) is 13.8. The first-order valence-corrected chi connectivity index (χ1v) is 8.44. The Labute approximate surface area is 142 Å². The maximum atomic E-state index is 9.91. The molecule has 1 heterocycles. The molecule has 0 spiro atoms. The normalized spacial score (nSPS) is 23.2. The van der Waals surface area contributed by atoms with Gasteiger partial charge in [-0.2, -0.15) is 0 Å².